The number of nitrogens with zero attached hydrogens (tertiary/aromatic N) is 3. The lowest BCUT2D eigenvalue weighted by molar-refractivity contribution is -0.134. The average molecular weight is 379 g/mol. The first kappa shape index (κ1) is 22.8. The van der Waals surface area contributed by atoms with Gasteiger partial charge in [-0.15, -0.1) is 16.5 Å². The number of halogens is 1. The first-order valence-corrected chi connectivity index (χ1v) is 8.21. The van der Waals surface area contributed by atoms with Gasteiger partial charge in [0, 0.05) is 30.6 Å². The molecule has 1 heterocycles. The zero-order valence-corrected chi connectivity index (χ0v) is 14.7. The number of hydrogen-bond donors (Lipinski definition) is 3. The molecule has 25 heavy (non-hydrogen) atoms. The summed E-state index contributed by atoms with van der Waals surface area (Å²) in [6.45, 7) is 5.11. The van der Waals surface area contributed by atoms with E-state index >= 15 is 0 Å². The second-order valence-corrected chi connectivity index (χ2v) is 5.46. The van der Waals surface area contributed by atoms with Crippen LogP contribution in [0.25, 0.3) is 0 Å². The van der Waals surface area contributed by atoms with Crippen molar-refractivity contribution < 1.29 is 24.6 Å². The van der Waals surface area contributed by atoms with E-state index in [1.54, 1.807) is 0 Å². The third kappa shape index (κ3) is 11.1. The smallest absolute Gasteiger partial charge is 0.340 e. The molecule has 0 bridgehead atoms. The number of alkyl halides is 1. The fourth-order valence-electron chi connectivity index (χ4n) is 2.11. The van der Waals surface area contributed by atoms with E-state index in [-0.39, 0.29) is 18.5 Å². The molecule has 142 valence electrons. The number of carbonyl (C=O) groups excluding carboxylic acids is 1. The minimum atomic E-state index is -1.26. The molecule has 1 unspecified atom stereocenters. The Kier molecular flexibility index (Phi) is 12.0. The Morgan fingerprint density at radius 3 is 2.36 bits per heavy atom. The number of nitroso groups, excluding NO2 is 1. The highest BCUT2D eigenvalue weighted by Gasteiger charge is 2.22. The Morgan fingerprint density at radius 1 is 1.32 bits per heavy atom. The Hall–Kier alpha value is -2.20. The zero-order valence-electron chi connectivity index (χ0n) is 13.9. The van der Waals surface area contributed by atoms with Gasteiger partial charge in [-0.3, -0.25) is 0 Å². The van der Waals surface area contributed by atoms with Crippen LogP contribution in [-0.2, 0) is 9.59 Å². The van der Waals surface area contributed by atoms with E-state index in [2.05, 4.69) is 22.4 Å². The third-order valence-corrected chi connectivity index (χ3v) is 3.45. The molecule has 0 radical (unpaired) electrons. The zero-order chi connectivity index (χ0) is 19.2. The summed E-state index contributed by atoms with van der Waals surface area (Å²) in [5, 5.41) is 21.9. The van der Waals surface area contributed by atoms with Crippen LogP contribution in [0, 0.1) is 4.91 Å². The van der Waals surface area contributed by atoms with E-state index in [4.69, 9.17) is 21.8 Å². The molecule has 0 saturated carbocycles. The highest BCUT2D eigenvalue weighted by Crippen LogP contribution is 2.10. The Bertz CT molecular complexity index is 472. The lowest BCUT2D eigenvalue weighted by Crippen LogP contribution is -2.50. The van der Waals surface area contributed by atoms with Crippen LogP contribution in [0.15, 0.2) is 17.4 Å². The number of piperidine rings is 1. The fourth-order valence-corrected chi connectivity index (χ4v) is 2.27. The number of nitrogens with one attached hydrogen (secondary N) is 1. The maximum Gasteiger partial charge on any atom is 0.340 e. The van der Waals surface area contributed by atoms with Gasteiger partial charge in [0.1, 0.15) is 0 Å². The van der Waals surface area contributed by atoms with Crippen molar-refractivity contribution in [3.05, 3.63) is 17.1 Å². The van der Waals surface area contributed by atoms with E-state index in [0.717, 1.165) is 37.5 Å². The number of amides is 2. The number of likely N-dealkylation sites (N-methyl/N-ethyl adjacent to an activating group) is 1. The first-order valence-electron chi connectivity index (χ1n) is 7.67. The second kappa shape index (κ2) is 13.1. The maximum atomic E-state index is 11.7. The van der Waals surface area contributed by atoms with Gasteiger partial charge in [0.2, 0.25) is 0 Å². The number of aliphatic carboxylic acids is 2. The molecule has 1 atom stereocenters. The molecule has 1 fully saturated rings. The Morgan fingerprint density at radius 2 is 1.92 bits per heavy atom. The standard InChI is InChI=1S/C10H19ClN4O2.C4H4O4/c1-2-14-6-3-4-9(8-14)12-10(16)15(13-17)7-5-11;5-3(6)1-2-4(7)8/h9H,2-8H2,1H3,(H,12,16);1-2H,(H,5,6)(H,7,8)/b;2-1-. The molecule has 0 aromatic rings. The molecule has 3 N–H and O–H groups in total. The summed E-state index contributed by atoms with van der Waals surface area (Å²) in [5.41, 5.74) is 0. The summed E-state index contributed by atoms with van der Waals surface area (Å²) >= 11 is 5.48. The summed E-state index contributed by atoms with van der Waals surface area (Å²) in [4.78, 5) is 43.5. The molecule has 0 aromatic carbocycles. The molecule has 11 heteroatoms. The fraction of sp³-hybridized carbons (Fsp3) is 0.643. The quantitative estimate of drug-likeness (QED) is 0.261. The van der Waals surface area contributed by atoms with Crippen molar-refractivity contribution in [2.45, 2.75) is 25.8 Å². The van der Waals surface area contributed by atoms with Crippen molar-refractivity contribution in [3.8, 4) is 0 Å². The highest BCUT2D eigenvalue weighted by molar-refractivity contribution is 6.18. The average Bonchev–Trinajstić information content (AvgIpc) is 2.58. The molecule has 0 aromatic heterocycles. The van der Waals surface area contributed by atoms with Gasteiger partial charge in [-0.2, -0.15) is 5.01 Å². The van der Waals surface area contributed by atoms with Gasteiger partial charge >= 0.3 is 18.0 Å². The van der Waals surface area contributed by atoms with Gasteiger partial charge < -0.3 is 20.4 Å². The van der Waals surface area contributed by atoms with Crippen LogP contribution in [0.1, 0.15) is 19.8 Å². The summed E-state index contributed by atoms with van der Waals surface area (Å²) < 4.78 is 0. The van der Waals surface area contributed by atoms with Crippen molar-refractivity contribution in [1.82, 2.24) is 15.2 Å². The Balaban J connectivity index is 0.000000609. The SMILES string of the molecule is CCN1CCCC(NC(=O)N(CCCl)N=O)C1.O=C(O)/C=C\C(=O)O. The van der Waals surface area contributed by atoms with Crippen LogP contribution in [0.4, 0.5) is 4.79 Å². The van der Waals surface area contributed by atoms with Gasteiger partial charge in [0.15, 0.2) is 0 Å². The first-order chi connectivity index (χ1) is 11.8. The van der Waals surface area contributed by atoms with Crippen LogP contribution < -0.4 is 5.32 Å². The highest BCUT2D eigenvalue weighted by atomic mass is 35.5. The molecular formula is C14H23ClN4O6. The monoisotopic (exact) mass is 378 g/mol. The van der Waals surface area contributed by atoms with E-state index in [9.17, 15) is 19.3 Å². The number of urea groups is 1. The lowest BCUT2D eigenvalue weighted by atomic mass is 10.1. The largest absolute Gasteiger partial charge is 0.478 e. The number of carbonyl (C=O) groups is 3. The summed E-state index contributed by atoms with van der Waals surface area (Å²) in [5.74, 6) is -2.31. The molecule has 10 nitrogen and oxygen atoms in total. The van der Waals surface area contributed by atoms with Gasteiger partial charge in [-0.25, -0.2) is 14.4 Å². The molecular weight excluding hydrogens is 356 g/mol. The lowest BCUT2D eigenvalue weighted by Gasteiger charge is -2.32. The van der Waals surface area contributed by atoms with Gasteiger partial charge in [-0.1, -0.05) is 6.92 Å². The van der Waals surface area contributed by atoms with Crippen LogP contribution in [0.3, 0.4) is 0 Å². The molecule has 1 aliphatic heterocycles. The number of carboxylic acids is 2. The molecule has 0 aliphatic carbocycles. The summed E-state index contributed by atoms with van der Waals surface area (Å²) in [7, 11) is 0. The minimum absolute atomic E-state index is 0.0933. The van der Waals surface area contributed by atoms with E-state index in [0.29, 0.717) is 12.2 Å². The van der Waals surface area contributed by atoms with Gasteiger partial charge in [0.05, 0.1) is 11.8 Å². The van der Waals surface area contributed by atoms with E-state index in [1.807, 2.05) is 0 Å². The summed E-state index contributed by atoms with van der Waals surface area (Å²) in [6, 6.07) is -0.362. The van der Waals surface area contributed by atoms with Crippen LogP contribution >= 0.6 is 11.6 Å². The van der Waals surface area contributed by atoms with E-state index < -0.39 is 18.0 Å². The van der Waals surface area contributed by atoms with Crippen LogP contribution in [0.5, 0.6) is 0 Å². The van der Waals surface area contributed by atoms with Gasteiger partial charge in [0.25, 0.3) is 0 Å². The molecule has 1 saturated heterocycles. The van der Waals surface area contributed by atoms with Crippen LogP contribution in [-0.4, -0.2) is 76.2 Å². The predicted molar refractivity (Wildman–Crippen MR) is 91.3 cm³/mol. The number of carboxylic acid groups (broad SMARTS) is 2. The number of likely N-dealkylation sites (tertiary alicyclic amines) is 1. The van der Waals surface area contributed by atoms with Crippen molar-refractivity contribution >= 4 is 29.6 Å². The molecule has 1 rings (SSSR count). The van der Waals surface area contributed by atoms with Crippen molar-refractivity contribution in [3.63, 3.8) is 0 Å². The topological polar surface area (TPSA) is 140 Å². The Labute approximate surface area is 150 Å². The van der Waals surface area contributed by atoms with Crippen molar-refractivity contribution in [1.29, 1.82) is 0 Å². The third-order valence-electron chi connectivity index (χ3n) is 3.28. The maximum absolute atomic E-state index is 11.7. The van der Waals surface area contributed by atoms with Crippen molar-refractivity contribution in [2.24, 2.45) is 5.29 Å². The number of hydrogen-bond acceptors (Lipinski definition) is 6. The molecule has 2 amide bonds. The van der Waals surface area contributed by atoms with E-state index in [1.165, 1.54) is 0 Å². The van der Waals surface area contributed by atoms with Crippen molar-refractivity contribution in [2.75, 3.05) is 32.1 Å². The van der Waals surface area contributed by atoms with Gasteiger partial charge in [-0.05, 0) is 25.9 Å². The second-order valence-electron chi connectivity index (χ2n) is 5.09. The molecule has 1 aliphatic rings. The normalized spacial score (nSPS) is 17.3. The molecule has 0 spiro atoms. The number of rotatable bonds is 7. The minimum Gasteiger partial charge on any atom is -0.478 e. The van der Waals surface area contributed by atoms with Crippen LogP contribution in [0.2, 0.25) is 0 Å². The summed E-state index contributed by atoms with van der Waals surface area (Å²) in [6.07, 6.45) is 3.11. The predicted octanol–water partition coefficient (Wildman–Crippen LogP) is 1.11.